The van der Waals surface area contributed by atoms with Crippen LogP contribution in [0.1, 0.15) is 26.7 Å². The molecule has 0 amide bonds. The molecule has 1 heterocycles. The Morgan fingerprint density at radius 1 is 1.50 bits per heavy atom. The zero-order valence-electron chi connectivity index (χ0n) is 10.4. The lowest BCUT2D eigenvalue weighted by molar-refractivity contribution is 0.233. The van der Waals surface area contributed by atoms with E-state index in [-0.39, 0.29) is 11.5 Å². The van der Waals surface area contributed by atoms with Gasteiger partial charge in [-0.2, -0.15) is 0 Å². The Morgan fingerprint density at radius 3 is 2.67 bits per heavy atom. The molecule has 1 unspecified atom stereocenters. The molecule has 7 heteroatoms. The van der Waals surface area contributed by atoms with E-state index < -0.39 is 15.6 Å². The van der Waals surface area contributed by atoms with Gasteiger partial charge >= 0.3 is 0 Å². The van der Waals surface area contributed by atoms with Crippen molar-refractivity contribution in [2.24, 2.45) is 0 Å². The van der Waals surface area contributed by atoms with Crippen LogP contribution < -0.4 is 4.72 Å². The molecule has 0 bridgehead atoms. The highest BCUT2D eigenvalue weighted by atomic mass is 79.9. The number of rotatable bonds is 6. The number of nitrogens with zero attached hydrogens (tertiary/aromatic N) is 1. The van der Waals surface area contributed by atoms with E-state index in [1.165, 1.54) is 18.5 Å². The van der Waals surface area contributed by atoms with E-state index in [0.29, 0.717) is 17.3 Å². The zero-order chi connectivity index (χ0) is 13.8. The Balaban J connectivity index is 3.01. The number of nitrogens with one attached hydrogen (secondary N) is 1. The lowest BCUT2D eigenvalue weighted by Crippen LogP contribution is -2.46. The van der Waals surface area contributed by atoms with Crippen LogP contribution in [-0.2, 0) is 10.0 Å². The highest BCUT2D eigenvalue weighted by Crippen LogP contribution is 2.20. The van der Waals surface area contributed by atoms with E-state index in [0.717, 1.165) is 0 Å². The standard InChI is InChI=1S/C11H17BrN2O3S/c1-3-11(2,4-5-15)14-18(16,17)10-6-9(12)7-13-8-10/h6-8,14-15H,3-5H2,1-2H3. The van der Waals surface area contributed by atoms with Crippen LogP contribution in [0, 0.1) is 0 Å². The maximum Gasteiger partial charge on any atom is 0.242 e. The number of aliphatic hydroxyl groups is 1. The zero-order valence-corrected chi connectivity index (χ0v) is 12.8. The molecule has 0 fully saturated rings. The van der Waals surface area contributed by atoms with E-state index in [1.807, 2.05) is 6.92 Å². The van der Waals surface area contributed by atoms with Crippen LogP contribution in [0.2, 0.25) is 0 Å². The van der Waals surface area contributed by atoms with Gasteiger partial charge in [-0.15, -0.1) is 0 Å². The van der Waals surface area contributed by atoms with Crippen molar-refractivity contribution in [3.63, 3.8) is 0 Å². The normalized spacial score (nSPS) is 15.3. The summed E-state index contributed by atoms with van der Waals surface area (Å²) in [6, 6.07) is 1.49. The maximum atomic E-state index is 12.2. The Bertz CT molecular complexity index is 507. The van der Waals surface area contributed by atoms with Crippen LogP contribution in [0.25, 0.3) is 0 Å². The molecule has 1 rings (SSSR count). The Morgan fingerprint density at radius 2 is 2.17 bits per heavy atom. The van der Waals surface area contributed by atoms with Crippen LogP contribution in [0.4, 0.5) is 0 Å². The minimum Gasteiger partial charge on any atom is -0.396 e. The average molecular weight is 337 g/mol. The fraction of sp³-hybridized carbons (Fsp3) is 0.545. The fourth-order valence-corrected chi connectivity index (χ4v) is 3.48. The summed E-state index contributed by atoms with van der Waals surface area (Å²) in [7, 11) is -3.63. The van der Waals surface area contributed by atoms with Gasteiger partial charge in [0.05, 0.1) is 0 Å². The number of hydrogen-bond donors (Lipinski definition) is 2. The first-order valence-electron chi connectivity index (χ1n) is 5.58. The van der Waals surface area contributed by atoms with Crippen molar-refractivity contribution in [3.05, 3.63) is 22.9 Å². The summed E-state index contributed by atoms with van der Waals surface area (Å²) in [4.78, 5) is 3.94. The second kappa shape index (κ2) is 6.10. The molecule has 5 nitrogen and oxygen atoms in total. The predicted molar refractivity (Wildman–Crippen MR) is 72.7 cm³/mol. The van der Waals surface area contributed by atoms with Crippen molar-refractivity contribution in [2.45, 2.75) is 37.1 Å². The molecule has 1 atom stereocenters. The summed E-state index contributed by atoms with van der Waals surface area (Å²) in [5, 5.41) is 8.99. The molecular formula is C11H17BrN2O3S. The highest BCUT2D eigenvalue weighted by Gasteiger charge is 2.28. The molecule has 0 radical (unpaired) electrons. The van der Waals surface area contributed by atoms with Crippen molar-refractivity contribution in [1.29, 1.82) is 0 Å². The van der Waals surface area contributed by atoms with Crippen LogP contribution >= 0.6 is 15.9 Å². The maximum absolute atomic E-state index is 12.2. The second-order valence-corrected chi connectivity index (χ2v) is 6.93. The summed E-state index contributed by atoms with van der Waals surface area (Å²) in [6.45, 7) is 3.58. The first kappa shape index (κ1) is 15.6. The second-order valence-electron chi connectivity index (χ2n) is 4.33. The number of sulfonamides is 1. The fourth-order valence-electron chi connectivity index (χ4n) is 1.47. The number of halogens is 1. The third-order valence-electron chi connectivity index (χ3n) is 2.81. The van der Waals surface area contributed by atoms with Crippen LogP contribution in [0.15, 0.2) is 27.8 Å². The van der Waals surface area contributed by atoms with E-state index >= 15 is 0 Å². The summed E-state index contributed by atoms with van der Waals surface area (Å²) >= 11 is 3.19. The lowest BCUT2D eigenvalue weighted by atomic mass is 9.97. The van der Waals surface area contributed by atoms with Gasteiger partial charge in [0.25, 0.3) is 0 Å². The minimum absolute atomic E-state index is 0.0659. The first-order valence-corrected chi connectivity index (χ1v) is 7.86. The van der Waals surface area contributed by atoms with E-state index in [4.69, 9.17) is 5.11 Å². The molecule has 1 aromatic rings. The van der Waals surface area contributed by atoms with E-state index in [1.54, 1.807) is 6.92 Å². The number of pyridine rings is 1. The van der Waals surface area contributed by atoms with E-state index in [2.05, 4.69) is 25.6 Å². The molecule has 0 spiro atoms. The van der Waals surface area contributed by atoms with E-state index in [9.17, 15) is 8.42 Å². The SMILES string of the molecule is CCC(C)(CCO)NS(=O)(=O)c1cncc(Br)c1. The largest absolute Gasteiger partial charge is 0.396 e. The van der Waals surface area contributed by atoms with Crippen LogP contribution in [0.3, 0.4) is 0 Å². The molecule has 2 N–H and O–H groups in total. The van der Waals surface area contributed by atoms with Crippen molar-refractivity contribution < 1.29 is 13.5 Å². The van der Waals surface area contributed by atoms with Gasteiger partial charge in [-0.1, -0.05) is 6.92 Å². The molecular weight excluding hydrogens is 320 g/mol. The summed E-state index contributed by atoms with van der Waals surface area (Å²) < 4.78 is 27.6. The Labute approximate surface area is 116 Å². The molecule has 102 valence electrons. The quantitative estimate of drug-likeness (QED) is 0.828. The third kappa shape index (κ3) is 4.01. The monoisotopic (exact) mass is 336 g/mol. The van der Waals surface area contributed by atoms with Gasteiger partial charge < -0.3 is 5.11 Å². The summed E-state index contributed by atoms with van der Waals surface area (Å²) in [6.07, 6.45) is 3.77. The van der Waals surface area contributed by atoms with Gasteiger partial charge in [0.1, 0.15) is 4.90 Å². The molecule has 0 aliphatic carbocycles. The van der Waals surface area contributed by atoms with Gasteiger partial charge in [-0.05, 0) is 41.8 Å². The molecule has 0 aliphatic rings. The average Bonchev–Trinajstić information content (AvgIpc) is 2.28. The summed E-state index contributed by atoms with van der Waals surface area (Å²) in [5.74, 6) is 0. The van der Waals surface area contributed by atoms with Crippen molar-refractivity contribution in [1.82, 2.24) is 9.71 Å². The molecule has 1 aromatic heterocycles. The van der Waals surface area contributed by atoms with Crippen molar-refractivity contribution in [3.8, 4) is 0 Å². The Hall–Kier alpha value is -0.500. The smallest absolute Gasteiger partial charge is 0.242 e. The molecule has 0 aliphatic heterocycles. The molecule has 18 heavy (non-hydrogen) atoms. The Kier molecular flexibility index (Phi) is 5.27. The minimum atomic E-state index is -3.63. The molecule has 0 saturated carbocycles. The molecule has 0 saturated heterocycles. The van der Waals surface area contributed by atoms with Gasteiger partial charge in [0.2, 0.25) is 10.0 Å². The van der Waals surface area contributed by atoms with Gasteiger partial charge in [0.15, 0.2) is 0 Å². The lowest BCUT2D eigenvalue weighted by Gasteiger charge is -2.28. The van der Waals surface area contributed by atoms with Gasteiger partial charge in [-0.3, -0.25) is 4.98 Å². The number of hydrogen-bond acceptors (Lipinski definition) is 4. The van der Waals surface area contributed by atoms with Gasteiger partial charge in [-0.25, -0.2) is 13.1 Å². The van der Waals surface area contributed by atoms with Gasteiger partial charge in [0, 0.05) is 29.0 Å². The van der Waals surface area contributed by atoms with Crippen LogP contribution in [-0.4, -0.2) is 30.7 Å². The van der Waals surface area contributed by atoms with Crippen molar-refractivity contribution >= 4 is 26.0 Å². The predicted octanol–water partition coefficient (Wildman–Crippen LogP) is 1.67. The van der Waals surface area contributed by atoms with Crippen molar-refractivity contribution in [2.75, 3.05) is 6.61 Å². The highest BCUT2D eigenvalue weighted by molar-refractivity contribution is 9.10. The molecule has 0 aromatic carbocycles. The topological polar surface area (TPSA) is 79.3 Å². The number of aromatic nitrogens is 1. The van der Waals surface area contributed by atoms with Crippen LogP contribution in [0.5, 0.6) is 0 Å². The number of aliphatic hydroxyl groups excluding tert-OH is 1. The first-order chi connectivity index (χ1) is 8.33. The third-order valence-corrected chi connectivity index (χ3v) is 4.85. The summed E-state index contributed by atoms with van der Waals surface area (Å²) in [5.41, 5.74) is -0.657.